The molecule has 1 amide bonds. The summed E-state index contributed by atoms with van der Waals surface area (Å²) in [7, 11) is 0. The van der Waals surface area contributed by atoms with Gasteiger partial charge in [0.2, 0.25) is 5.91 Å². The Labute approximate surface area is 185 Å². The van der Waals surface area contributed by atoms with Crippen LogP contribution in [0, 0.1) is 0 Å². The lowest BCUT2D eigenvalue weighted by Crippen LogP contribution is -2.66. The van der Waals surface area contributed by atoms with Gasteiger partial charge in [-0.25, -0.2) is 0 Å². The maximum Gasteiger partial charge on any atom is 0.220 e. The van der Waals surface area contributed by atoms with Crippen LogP contribution in [0.2, 0.25) is 0 Å². The molecule has 3 fully saturated rings. The van der Waals surface area contributed by atoms with Crippen LogP contribution in [-0.4, -0.2) is 59.4 Å². The largest absolute Gasteiger partial charge is 0.469 e. The first-order chi connectivity index (χ1) is 13.2. The molecule has 0 radical (unpaired) electrons. The summed E-state index contributed by atoms with van der Waals surface area (Å²) in [6.45, 7) is 5.03. The van der Waals surface area contributed by atoms with Crippen LogP contribution in [0.4, 0.5) is 0 Å². The highest BCUT2D eigenvalue weighted by atomic mass is 127. The topological polar surface area (TPSA) is 61.1 Å². The van der Waals surface area contributed by atoms with E-state index < -0.39 is 0 Å². The summed E-state index contributed by atoms with van der Waals surface area (Å²) >= 11 is 0. The zero-order chi connectivity index (χ0) is 18.7. The second-order valence-corrected chi connectivity index (χ2v) is 8.33. The standard InChI is InChI=1S/C21H32N4O2.HI/c1-17(26)25-14-13-24(16-21(25)10-3-2-4-11-21)20(23-18-7-8-18)22-12-9-19-6-5-15-27-19;/h5-6,15,18H,2-4,7-14,16H2,1H3,(H,22,23);1H. The van der Waals surface area contributed by atoms with Crippen molar-refractivity contribution in [3.63, 3.8) is 0 Å². The summed E-state index contributed by atoms with van der Waals surface area (Å²) in [6, 6.07) is 4.50. The molecular formula is C21H33IN4O2. The normalized spacial score (nSPS) is 22.1. The number of halogens is 1. The predicted molar refractivity (Wildman–Crippen MR) is 121 cm³/mol. The van der Waals surface area contributed by atoms with E-state index in [-0.39, 0.29) is 35.4 Å². The molecule has 2 aliphatic carbocycles. The minimum atomic E-state index is -0.00462. The van der Waals surface area contributed by atoms with E-state index in [0.29, 0.717) is 6.04 Å². The van der Waals surface area contributed by atoms with E-state index in [1.807, 2.05) is 12.1 Å². The molecule has 1 aromatic heterocycles. The first-order valence-corrected chi connectivity index (χ1v) is 10.5. The molecule has 0 atom stereocenters. The number of piperazine rings is 1. The highest BCUT2D eigenvalue weighted by Gasteiger charge is 2.44. The predicted octanol–water partition coefficient (Wildman–Crippen LogP) is 3.42. The van der Waals surface area contributed by atoms with Crippen molar-refractivity contribution < 1.29 is 9.21 Å². The van der Waals surface area contributed by atoms with E-state index in [9.17, 15) is 4.79 Å². The number of guanidine groups is 1. The number of carbonyl (C=O) groups is 1. The van der Waals surface area contributed by atoms with Crippen LogP contribution in [0.3, 0.4) is 0 Å². The molecule has 1 aromatic rings. The lowest BCUT2D eigenvalue weighted by atomic mass is 9.78. The number of nitrogens with one attached hydrogen (secondary N) is 1. The van der Waals surface area contributed by atoms with Gasteiger partial charge in [-0.2, -0.15) is 0 Å². The van der Waals surface area contributed by atoms with Crippen molar-refractivity contribution in [2.75, 3.05) is 26.2 Å². The van der Waals surface area contributed by atoms with Gasteiger partial charge in [0.15, 0.2) is 5.96 Å². The van der Waals surface area contributed by atoms with Gasteiger partial charge in [0.25, 0.3) is 0 Å². The molecule has 1 aliphatic heterocycles. The van der Waals surface area contributed by atoms with Crippen molar-refractivity contribution in [2.45, 2.75) is 69.9 Å². The van der Waals surface area contributed by atoms with Gasteiger partial charge in [0.1, 0.15) is 5.76 Å². The Hall–Kier alpha value is -1.25. The fourth-order valence-corrected chi connectivity index (χ4v) is 4.66. The minimum Gasteiger partial charge on any atom is -0.469 e. The van der Waals surface area contributed by atoms with Gasteiger partial charge in [-0.3, -0.25) is 9.79 Å². The quantitative estimate of drug-likeness (QED) is 0.391. The van der Waals surface area contributed by atoms with Crippen LogP contribution in [0.5, 0.6) is 0 Å². The fourth-order valence-electron chi connectivity index (χ4n) is 4.66. The summed E-state index contributed by atoms with van der Waals surface area (Å²) < 4.78 is 5.44. The van der Waals surface area contributed by atoms with E-state index in [1.165, 1.54) is 32.1 Å². The molecule has 28 heavy (non-hydrogen) atoms. The molecule has 4 rings (SSSR count). The molecular weight excluding hydrogens is 467 g/mol. The number of nitrogens with zero attached hydrogens (tertiary/aromatic N) is 3. The number of aliphatic imine (C=N–C) groups is 1. The van der Waals surface area contributed by atoms with Crippen molar-refractivity contribution in [3.8, 4) is 0 Å². The van der Waals surface area contributed by atoms with E-state index >= 15 is 0 Å². The highest BCUT2D eigenvalue weighted by molar-refractivity contribution is 14.0. The molecule has 3 aliphatic rings. The molecule has 2 heterocycles. The summed E-state index contributed by atoms with van der Waals surface area (Å²) in [6.07, 6.45) is 11.0. The SMILES string of the molecule is CC(=O)N1CCN(C(=NCCc2ccco2)NC2CC2)CC12CCCCC2.I. The Morgan fingerprint density at radius 2 is 2.07 bits per heavy atom. The Bertz CT molecular complexity index is 666. The van der Waals surface area contributed by atoms with Crippen LogP contribution in [-0.2, 0) is 11.2 Å². The van der Waals surface area contributed by atoms with Crippen molar-refractivity contribution in [1.82, 2.24) is 15.1 Å². The zero-order valence-electron chi connectivity index (χ0n) is 16.9. The van der Waals surface area contributed by atoms with Crippen molar-refractivity contribution in [1.29, 1.82) is 0 Å². The van der Waals surface area contributed by atoms with Crippen molar-refractivity contribution in [3.05, 3.63) is 24.2 Å². The number of hydrogen-bond donors (Lipinski definition) is 1. The van der Waals surface area contributed by atoms with Crippen LogP contribution in [0.15, 0.2) is 27.8 Å². The van der Waals surface area contributed by atoms with Gasteiger partial charge >= 0.3 is 0 Å². The lowest BCUT2D eigenvalue weighted by molar-refractivity contribution is -0.140. The number of rotatable bonds is 4. The van der Waals surface area contributed by atoms with Crippen molar-refractivity contribution in [2.24, 2.45) is 4.99 Å². The van der Waals surface area contributed by atoms with Crippen LogP contribution in [0.1, 0.15) is 57.6 Å². The summed E-state index contributed by atoms with van der Waals surface area (Å²) in [5, 5.41) is 3.65. The van der Waals surface area contributed by atoms with Crippen LogP contribution >= 0.6 is 24.0 Å². The van der Waals surface area contributed by atoms with Gasteiger partial charge < -0.3 is 19.5 Å². The lowest BCUT2D eigenvalue weighted by Gasteiger charge is -2.53. The zero-order valence-corrected chi connectivity index (χ0v) is 19.2. The summed E-state index contributed by atoms with van der Waals surface area (Å²) in [5.74, 6) is 2.23. The molecule has 1 N–H and O–H groups in total. The minimum absolute atomic E-state index is 0. The molecule has 1 spiro atoms. The Kier molecular flexibility index (Phi) is 7.28. The highest BCUT2D eigenvalue weighted by Crippen LogP contribution is 2.37. The first-order valence-electron chi connectivity index (χ1n) is 10.5. The summed E-state index contributed by atoms with van der Waals surface area (Å²) in [5.41, 5.74) is -0.00462. The van der Waals surface area contributed by atoms with Crippen LogP contribution < -0.4 is 5.32 Å². The molecule has 1 saturated heterocycles. The smallest absolute Gasteiger partial charge is 0.220 e. The molecule has 0 aromatic carbocycles. The first kappa shape index (κ1) is 21.5. The maximum absolute atomic E-state index is 12.3. The number of hydrogen-bond acceptors (Lipinski definition) is 3. The molecule has 0 unspecified atom stereocenters. The van der Waals surface area contributed by atoms with E-state index in [1.54, 1.807) is 13.2 Å². The average molecular weight is 500 g/mol. The van der Waals surface area contributed by atoms with Gasteiger partial charge in [0.05, 0.1) is 11.8 Å². The van der Waals surface area contributed by atoms with Crippen LogP contribution in [0.25, 0.3) is 0 Å². The van der Waals surface area contributed by atoms with Gasteiger partial charge in [0, 0.05) is 45.6 Å². The van der Waals surface area contributed by atoms with Gasteiger partial charge in [-0.1, -0.05) is 19.3 Å². The van der Waals surface area contributed by atoms with Gasteiger partial charge in [-0.15, -0.1) is 24.0 Å². The Balaban J connectivity index is 0.00000225. The maximum atomic E-state index is 12.3. The third-order valence-electron chi connectivity index (χ3n) is 6.23. The monoisotopic (exact) mass is 500 g/mol. The third-order valence-corrected chi connectivity index (χ3v) is 6.23. The summed E-state index contributed by atoms with van der Waals surface area (Å²) in [4.78, 5) is 21.8. The second kappa shape index (κ2) is 9.50. The molecule has 6 nitrogen and oxygen atoms in total. The van der Waals surface area contributed by atoms with E-state index in [4.69, 9.17) is 9.41 Å². The van der Waals surface area contributed by atoms with E-state index in [2.05, 4.69) is 15.1 Å². The third kappa shape index (κ3) is 5.02. The van der Waals surface area contributed by atoms with Crippen molar-refractivity contribution >= 4 is 35.8 Å². The number of carbonyl (C=O) groups excluding carboxylic acids is 1. The molecule has 0 bridgehead atoms. The molecule has 7 heteroatoms. The van der Waals surface area contributed by atoms with E-state index in [0.717, 1.165) is 57.2 Å². The second-order valence-electron chi connectivity index (χ2n) is 8.33. The van der Waals surface area contributed by atoms with Gasteiger partial charge in [-0.05, 0) is 37.8 Å². The Morgan fingerprint density at radius 3 is 2.71 bits per heavy atom. The molecule has 156 valence electrons. The number of furan rings is 1. The Morgan fingerprint density at radius 1 is 1.29 bits per heavy atom. The molecule has 2 saturated carbocycles. The average Bonchev–Trinajstić information content (AvgIpc) is 3.33. The fraction of sp³-hybridized carbons (Fsp3) is 0.714. The number of amides is 1.